The first kappa shape index (κ1) is 21.8. The van der Waals surface area contributed by atoms with Crippen LogP contribution in [-0.2, 0) is 17.8 Å². The first-order valence-corrected chi connectivity index (χ1v) is 10.5. The SMILES string of the molecule is NC(=O)c1ccc(CN(C(=O)Cc2cccnc2)c2cc(-c3ccccc3)ccc2N)cc1. The van der Waals surface area contributed by atoms with Crippen LogP contribution in [0.15, 0.2) is 97.3 Å². The molecule has 0 aliphatic carbocycles. The number of benzene rings is 3. The Kier molecular flexibility index (Phi) is 6.45. The van der Waals surface area contributed by atoms with Crippen LogP contribution in [0.3, 0.4) is 0 Å². The maximum atomic E-state index is 13.5. The van der Waals surface area contributed by atoms with E-state index in [1.807, 2.05) is 54.6 Å². The molecule has 0 unspecified atom stereocenters. The fourth-order valence-corrected chi connectivity index (χ4v) is 3.63. The van der Waals surface area contributed by atoms with Gasteiger partial charge < -0.3 is 16.4 Å². The van der Waals surface area contributed by atoms with Gasteiger partial charge in [-0.3, -0.25) is 14.6 Å². The van der Waals surface area contributed by atoms with Crippen LogP contribution in [0.1, 0.15) is 21.5 Å². The average Bonchev–Trinajstić information content (AvgIpc) is 2.84. The van der Waals surface area contributed by atoms with Crippen LogP contribution in [0, 0.1) is 0 Å². The van der Waals surface area contributed by atoms with Gasteiger partial charge in [0.05, 0.1) is 24.3 Å². The van der Waals surface area contributed by atoms with Gasteiger partial charge in [-0.15, -0.1) is 0 Å². The number of carbonyl (C=O) groups excluding carboxylic acids is 2. The molecule has 164 valence electrons. The topological polar surface area (TPSA) is 102 Å². The first-order valence-electron chi connectivity index (χ1n) is 10.5. The molecule has 0 aliphatic heterocycles. The zero-order chi connectivity index (χ0) is 23.2. The van der Waals surface area contributed by atoms with Crippen molar-refractivity contribution in [3.05, 3.63) is 114 Å². The van der Waals surface area contributed by atoms with Gasteiger partial charge >= 0.3 is 0 Å². The maximum Gasteiger partial charge on any atom is 0.248 e. The number of rotatable bonds is 7. The molecule has 6 heteroatoms. The number of pyridine rings is 1. The minimum Gasteiger partial charge on any atom is -0.397 e. The lowest BCUT2D eigenvalue weighted by Gasteiger charge is -2.25. The van der Waals surface area contributed by atoms with Crippen molar-refractivity contribution in [2.45, 2.75) is 13.0 Å². The van der Waals surface area contributed by atoms with Crippen molar-refractivity contribution in [3.8, 4) is 11.1 Å². The highest BCUT2D eigenvalue weighted by molar-refractivity contribution is 5.98. The molecule has 0 saturated carbocycles. The normalized spacial score (nSPS) is 10.5. The van der Waals surface area contributed by atoms with Crippen molar-refractivity contribution in [2.24, 2.45) is 5.73 Å². The quantitative estimate of drug-likeness (QED) is 0.424. The van der Waals surface area contributed by atoms with Gasteiger partial charge in [-0.1, -0.05) is 54.6 Å². The van der Waals surface area contributed by atoms with Gasteiger partial charge in [0.1, 0.15) is 0 Å². The predicted octanol–water partition coefficient (Wildman–Crippen LogP) is 4.21. The molecule has 0 saturated heterocycles. The Labute approximate surface area is 192 Å². The summed E-state index contributed by atoms with van der Waals surface area (Å²) in [5, 5.41) is 0. The van der Waals surface area contributed by atoms with Crippen LogP contribution in [0.4, 0.5) is 11.4 Å². The van der Waals surface area contributed by atoms with Crippen LogP contribution in [0.5, 0.6) is 0 Å². The van der Waals surface area contributed by atoms with Gasteiger partial charge in [0, 0.05) is 18.0 Å². The van der Waals surface area contributed by atoms with Gasteiger partial charge in [-0.2, -0.15) is 0 Å². The average molecular weight is 437 g/mol. The number of nitrogens with zero attached hydrogens (tertiary/aromatic N) is 2. The molecule has 3 aromatic carbocycles. The van der Waals surface area contributed by atoms with Crippen molar-refractivity contribution in [2.75, 3.05) is 10.6 Å². The number of primary amides is 1. The predicted molar refractivity (Wildman–Crippen MR) is 130 cm³/mol. The zero-order valence-electron chi connectivity index (χ0n) is 18.0. The Balaban J connectivity index is 1.71. The first-order chi connectivity index (χ1) is 16.0. The van der Waals surface area contributed by atoms with E-state index in [2.05, 4.69) is 4.98 Å². The van der Waals surface area contributed by atoms with E-state index in [-0.39, 0.29) is 12.3 Å². The fraction of sp³-hybridized carbons (Fsp3) is 0.0741. The third-order valence-electron chi connectivity index (χ3n) is 5.39. The Morgan fingerprint density at radius 2 is 1.58 bits per heavy atom. The Bertz CT molecular complexity index is 1260. The van der Waals surface area contributed by atoms with E-state index in [1.54, 1.807) is 47.6 Å². The molecule has 4 N–H and O–H groups in total. The van der Waals surface area contributed by atoms with Crippen LogP contribution in [0.25, 0.3) is 11.1 Å². The second-order valence-electron chi connectivity index (χ2n) is 7.72. The van der Waals surface area contributed by atoms with Crippen molar-refractivity contribution in [3.63, 3.8) is 0 Å². The third kappa shape index (κ3) is 5.25. The van der Waals surface area contributed by atoms with Gasteiger partial charge in [0.25, 0.3) is 0 Å². The number of hydrogen-bond acceptors (Lipinski definition) is 4. The van der Waals surface area contributed by atoms with Gasteiger partial charge in [0.2, 0.25) is 11.8 Å². The van der Waals surface area contributed by atoms with Crippen LogP contribution in [-0.4, -0.2) is 16.8 Å². The highest BCUT2D eigenvalue weighted by Crippen LogP contribution is 2.31. The summed E-state index contributed by atoms with van der Waals surface area (Å²) >= 11 is 0. The smallest absolute Gasteiger partial charge is 0.248 e. The molecule has 0 bridgehead atoms. The van der Waals surface area contributed by atoms with Crippen molar-refractivity contribution >= 4 is 23.2 Å². The summed E-state index contributed by atoms with van der Waals surface area (Å²) in [6, 6.07) is 26.2. The molecule has 33 heavy (non-hydrogen) atoms. The van der Waals surface area contributed by atoms with Crippen molar-refractivity contribution in [1.29, 1.82) is 0 Å². The largest absolute Gasteiger partial charge is 0.397 e. The number of carbonyl (C=O) groups is 2. The Morgan fingerprint density at radius 1 is 0.818 bits per heavy atom. The minimum atomic E-state index is -0.495. The molecule has 0 radical (unpaired) electrons. The number of anilines is 2. The molecule has 1 aromatic heterocycles. The maximum absolute atomic E-state index is 13.5. The minimum absolute atomic E-state index is 0.112. The summed E-state index contributed by atoms with van der Waals surface area (Å²) in [4.78, 5) is 30.7. The van der Waals surface area contributed by atoms with Crippen LogP contribution >= 0.6 is 0 Å². The highest BCUT2D eigenvalue weighted by Gasteiger charge is 2.20. The monoisotopic (exact) mass is 436 g/mol. The molecule has 0 aliphatic rings. The summed E-state index contributed by atoms with van der Waals surface area (Å²) in [6.45, 7) is 0.292. The summed E-state index contributed by atoms with van der Waals surface area (Å²) in [5.74, 6) is -0.607. The van der Waals surface area contributed by atoms with Gasteiger partial charge in [0.15, 0.2) is 0 Å². The number of nitrogen functional groups attached to an aromatic ring is 1. The third-order valence-corrected chi connectivity index (χ3v) is 5.39. The molecule has 4 aromatic rings. The summed E-state index contributed by atoms with van der Waals surface area (Å²) in [7, 11) is 0. The lowest BCUT2D eigenvalue weighted by Crippen LogP contribution is -2.32. The molecule has 1 heterocycles. The molecule has 0 atom stereocenters. The number of hydrogen-bond donors (Lipinski definition) is 2. The molecule has 0 spiro atoms. The molecular weight excluding hydrogens is 412 g/mol. The fourth-order valence-electron chi connectivity index (χ4n) is 3.63. The van der Waals surface area contributed by atoms with Crippen molar-refractivity contribution < 1.29 is 9.59 Å². The second-order valence-corrected chi connectivity index (χ2v) is 7.72. The van der Waals surface area contributed by atoms with Crippen LogP contribution < -0.4 is 16.4 Å². The highest BCUT2D eigenvalue weighted by atomic mass is 16.2. The molecule has 0 fully saturated rings. The molecule has 4 rings (SSSR count). The van der Waals surface area contributed by atoms with E-state index in [4.69, 9.17) is 11.5 Å². The lowest BCUT2D eigenvalue weighted by molar-refractivity contribution is -0.118. The zero-order valence-corrected chi connectivity index (χ0v) is 18.0. The Morgan fingerprint density at radius 3 is 2.24 bits per heavy atom. The van der Waals surface area contributed by atoms with Gasteiger partial charge in [-0.25, -0.2) is 0 Å². The number of aromatic nitrogens is 1. The summed E-state index contributed by atoms with van der Waals surface area (Å²) in [5.41, 5.74) is 16.9. The summed E-state index contributed by atoms with van der Waals surface area (Å²) < 4.78 is 0. The van der Waals surface area contributed by atoms with E-state index in [0.717, 1.165) is 22.3 Å². The molecule has 2 amide bonds. The molecule has 6 nitrogen and oxygen atoms in total. The van der Waals surface area contributed by atoms with E-state index >= 15 is 0 Å². The van der Waals surface area contributed by atoms with E-state index in [1.165, 1.54) is 0 Å². The lowest BCUT2D eigenvalue weighted by atomic mass is 10.0. The van der Waals surface area contributed by atoms with E-state index in [9.17, 15) is 9.59 Å². The standard InChI is InChI=1S/C27H24N4O2/c28-24-13-12-23(21-6-2-1-3-7-21)16-25(24)31(26(32)15-20-5-4-14-30-17-20)18-19-8-10-22(11-9-19)27(29)33/h1-14,16-17H,15,18,28H2,(H2,29,33). The van der Waals surface area contributed by atoms with Crippen molar-refractivity contribution in [1.82, 2.24) is 4.98 Å². The van der Waals surface area contributed by atoms with E-state index < -0.39 is 5.91 Å². The second kappa shape index (κ2) is 9.78. The van der Waals surface area contributed by atoms with Crippen LogP contribution in [0.2, 0.25) is 0 Å². The van der Waals surface area contributed by atoms with E-state index in [0.29, 0.717) is 23.5 Å². The number of amides is 2. The molecular formula is C27H24N4O2. The summed E-state index contributed by atoms with van der Waals surface area (Å²) in [6.07, 6.45) is 3.54. The number of nitrogens with two attached hydrogens (primary N) is 2. The van der Waals surface area contributed by atoms with Gasteiger partial charge in [-0.05, 0) is 52.6 Å². The Hall–Kier alpha value is -4.45.